The van der Waals surface area contributed by atoms with E-state index in [4.69, 9.17) is 17.0 Å². The second-order valence-electron chi connectivity index (χ2n) is 7.79. The van der Waals surface area contributed by atoms with Crippen LogP contribution < -0.4 is 10.6 Å². The Kier molecular flexibility index (Phi) is 7.44. The molecule has 0 spiro atoms. The first kappa shape index (κ1) is 20.7. The van der Waals surface area contributed by atoms with Gasteiger partial charge in [0.1, 0.15) is 0 Å². The van der Waals surface area contributed by atoms with E-state index in [2.05, 4.69) is 31.4 Å². The fourth-order valence-corrected chi connectivity index (χ4v) is 3.85. The molecule has 5 heteroatoms. The van der Waals surface area contributed by atoms with Gasteiger partial charge in [-0.25, -0.2) is 4.79 Å². The molecule has 2 rings (SSSR count). The predicted molar refractivity (Wildman–Crippen MR) is 112 cm³/mol. The maximum atomic E-state index is 11.7. The third-order valence-electron chi connectivity index (χ3n) is 5.73. The van der Waals surface area contributed by atoms with Gasteiger partial charge in [0.2, 0.25) is 0 Å². The van der Waals surface area contributed by atoms with E-state index in [-0.39, 0.29) is 5.97 Å². The molecule has 1 aliphatic carbocycles. The molecule has 144 valence electrons. The van der Waals surface area contributed by atoms with Crippen molar-refractivity contribution in [2.24, 2.45) is 11.3 Å². The molecule has 2 N–H and O–H groups in total. The largest absolute Gasteiger partial charge is 0.462 e. The lowest BCUT2D eigenvalue weighted by Crippen LogP contribution is -2.41. The van der Waals surface area contributed by atoms with Crippen LogP contribution in [-0.2, 0) is 4.74 Å². The lowest BCUT2D eigenvalue weighted by atomic mass is 9.69. The Hall–Kier alpha value is -1.62. The number of nitrogens with one attached hydrogen (secondary N) is 2. The Morgan fingerprint density at radius 3 is 2.31 bits per heavy atom. The van der Waals surface area contributed by atoms with Crippen molar-refractivity contribution >= 4 is 29.0 Å². The number of benzene rings is 1. The molecule has 0 atom stereocenters. The van der Waals surface area contributed by atoms with Crippen LogP contribution >= 0.6 is 12.2 Å². The Morgan fingerprint density at radius 2 is 1.77 bits per heavy atom. The minimum atomic E-state index is -0.300. The number of rotatable bonds is 6. The molecule has 0 saturated heterocycles. The first-order chi connectivity index (χ1) is 12.4. The van der Waals surface area contributed by atoms with Gasteiger partial charge < -0.3 is 15.4 Å². The molecular weight excluding hydrogens is 344 g/mol. The van der Waals surface area contributed by atoms with Gasteiger partial charge in [0, 0.05) is 11.7 Å². The van der Waals surface area contributed by atoms with Crippen LogP contribution in [-0.4, -0.2) is 23.7 Å². The predicted octanol–water partition coefficient (Wildman–Crippen LogP) is 5.14. The summed E-state index contributed by atoms with van der Waals surface area (Å²) in [6, 6.07) is 7.64. The SMILES string of the molecule is CCOC(=O)c1ccc(NC(=S)NC2CCC(C(C)(C)CC)CC2)cc1. The zero-order chi connectivity index (χ0) is 19.2. The summed E-state index contributed by atoms with van der Waals surface area (Å²) in [4.78, 5) is 11.7. The van der Waals surface area contributed by atoms with Gasteiger partial charge in [-0.3, -0.25) is 0 Å². The number of esters is 1. The summed E-state index contributed by atoms with van der Waals surface area (Å²) in [6.07, 6.45) is 6.08. The van der Waals surface area contributed by atoms with Crippen LogP contribution in [0.1, 0.15) is 70.2 Å². The van der Waals surface area contributed by atoms with Crippen molar-refractivity contribution < 1.29 is 9.53 Å². The topological polar surface area (TPSA) is 50.4 Å². The standard InChI is InChI=1S/C21H32N2O2S/c1-5-21(3,4)16-9-13-18(14-10-16)23-20(26)22-17-11-7-15(8-12-17)19(24)25-6-2/h7-8,11-12,16,18H,5-6,9-10,13-14H2,1-4H3,(H2,22,23,26). The van der Waals surface area contributed by atoms with Crippen molar-refractivity contribution in [1.29, 1.82) is 0 Å². The Bertz CT molecular complexity index is 605. The monoisotopic (exact) mass is 376 g/mol. The van der Waals surface area contributed by atoms with Crippen LogP contribution in [0.5, 0.6) is 0 Å². The summed E-state index contributed by atoms with van der Waals surface area (Å²) in [5.41, 5.74) is 1.86. The van der Waals surface area contributed by atoms with Gasteiger partial charge in [-0.2, -0.15) is 0 Å². The Labute approximate surface area is 163 Å². The average Bonchev–Trinajstić information content (AvgIpc) is 2.63. The molecule has 1 aliphatic rings. The number of carbonyl (C=O) groups is 1. The number of thiocarbonyl (C=S) groups is 1. The summed E-state index contributed by atoms with van der Waals surface area (Å²) in [5, 5.41) is 7.30. The first-order valence-electron chi connectivity index (χ1n) is 9.70. The van der Waals surface area contributed by atoms with Gasteiger partial charge in [-0.15, -0.1) is 0 Å². The van der Waals surface area contributed by atoms with Crippen LogP contribution in [0, 0.1) is 11.3 Å². The summed E-state index contributed by atoms with van der Waals surface area (Å²) >= 11 is 5.45. The zero-order valence-electron chi connectivity index (χ0n) is 16.4. The van der Waals surface area contributed by atoms with Crippen LogP contribution in [0.4, 0.5) is 5.69 Å². The number of ether oxygens (including phenoxy) is 1. The Balaban J connectivity index is 1.80. The molecule has 0 aromatic heterocycles. The van der Waals surface area contributed by atoms with Crippen molar-refractivity contribution in [2.45, 2.75) is 65.8 Å². The summed E-state index contributed by atoms with van der Waals surface area (Å²) in [6.45, 7) is 9.24. The smallest absolute Gasteiger partial charge is 0.338 e. The maximum Gasteiger partial charge on any atom is 0.338 e. The molecule has 0 unspecified atom stereocenters. The van der Waals surface area contributed by atoms with Gasteiger partial charge in [0.15, 0.2) is 5.11 Å². The van der Waals surface area contributed by atoms with E-state index in [1.807, 2.05) is 12.1 Å². The summed E-state index contributed by atoms with van der Waals surface area (Å²) < 4.78 is 4.99. The van der Waals surface area contributed by atoms with Crippen LogP contribution in [0.15, 0.2) is 24.3 Å². The molecule has 0 radical (unpaired) electrons. The van der Waals surface area contributed by atoms with E-state index in [1.165, 1.54) is 19.3 Å². The van der Waals surface area contributed by atoms with Crippen LogP contribution in [0.2, 0.25) is 0 Å². The number of anilines is 1. The minimum absolute atomic E-state index is 0.300. The third-order valence-corrected chi connectivity index (χ3v) is 5.95. The van der Waals surface area contributed by atoms with E-state index < -0.39 is 0 Å². The summed E-state index contributed by atoms with van der Waals surface area (Å²) in [7, 11) is 0. The summed E-state index contributed by atoms with van der Waals surface area (Å²) in [5.74, 6) is 0.508. The molecule has 4 nitrogen and oxygen atoms in total. The quantitative estimate of drug-likeness (QED) is 0.531. The van der Waals surface area contributed by atoms with E-state index >= 15 is 0 Å². The maximum absolute atomic E-state index is 11.7. The highest BCUT2D eigenvalue weighted by molar-refractivity contribution is 7.80. The highest BCUT2D eigenvalue weighted by Crippen LogP contribution is 2.40. The minimum Gasteiger partial charge on any atom is -0.462 e. The zero-order valence-corrected chi connectivity index (χ0v) is 17.2. The fraction of sp³-hybridized carbons (Fsp3) is 0.619. The van der Waals surface area contributed by atoms with Gasteiger partial charge >= 0.3 is 5.97 Å². The van der Waals surface area contributed by atoms with Gasteiger partial charge in [0.05, 0.1) is 12.2 Å². The lowest BCUT2D eigenvalue weighted by molar-refractivity contribution is 0.0526. The number of hydrogen-bond donors (Lipinski definition) is 2. The first-order valence-corrected chi connectivity index (χ1v) is 10.1. The van der Waals surface area contributed by atoms with E-state index in [1.54, 1.807) is 19.1 Å². The molecule has 26 heavy (non-hydrogen) atoms. The highest BCUT2D eigenvalue weighted by Gasteiger charge is 2.31. The second kappa shape index (κ2) is 9.36. The molecule has 0 amide bonds. The highest BCUT2D eigenvalue weighted by atomic mass is 32.1. The number of carbonyl (C=O) groups excluding carboxylic acids is 1. The molecule has 0 bridgehead atoms. The average molecular weight is 377 g/mol. The van der Waals surface area contributed by atoms with Crippen molar-refractivity contribution in [3.63, 3.8) is 0 Å². The number of hydrogen-bond acceptors (Lipinski definition) is 3. The van der Waals surface area contributed by atoms with E-state index in [0.29, 0.717) is 28.7 Å². The fourth-order valence-electron chi connectivity index (χ4n) is 3.56. The van der Waals surface area contributed by atoms with Crippen LogP contribution in [0.3, 0.4) is 0 Å². The van der Waals surface area contributed by atoms with E-state index in [9.17, 15) is 4.79 Å². The molecule has 1 fully saturated rings. The molecule has 0 aliphatic heterocycles. The normalized spacial score (nSPS) is 20.3. The Morgan fingerprint density at radius 1 is 1.15 bits per heavy atom. The van der Waals surface area contributed by atoms with Crippen molar-refractivity contribution in [2.75, 3.05) is 11.9 Å². The van der Waals surface area contributed by atoms with Gasteiger partial charge in [0.25, 0.3) is 0 Å². The molecule has 1 saturated carbocycles. The molecule has 0 heterocycles. The van der Waals surface area contributed by atoms with E-state index in [0.717, 1.165) is 24.4 Å². The molecule has 1 aromatic rings. The third kappa shape index (κ3) is 5.70. The molecule has 1 aromatic carbocycles. The van der Waals surface area contributed by atoms with Gasteiger partial charge in [-0.1, -0.05) is 27.2 Å². The van der Waals surface area contributed by atoms with Crippen molar-refractivity contribution in [1.82, 2.24) is 5.32 Å². The van der Waals surface area contributed by atoms with Crippen molar-refractivity contribution in [3.05, 3.63) is 29.8 Å². The lowest BCUT2D eigenvalue weighted by Gasteiger charge is -2.39. The second-order valence-corrected chi connectivity index (χ2v) is 8.20. The van der Waals surface area contributed by atoms with Crippen molar-refractivity contribution in [3.8, 4) is 0 Å². The van der Waals surface area contributed by atoms with Gasteiger partial charge in [-0.05, 0) is 80.4 Å². The molecular formula is C21H32N2O2S. The van der Waals surface area contributed by atoms with Crippen LogP contribution in [0.25, 0.3) is 0 Å².